The van der Waals surface area contributed by atoms with Gasteiger partial charge in [0.2, 0.25) is 0 Å². The van der Waals surface area contributed by atoms with Crippen molar-refractivity contribution in [3.63, 3.8) is 0 Å². The van der Waals surface area contributed by atoms with Crippen molar-refractivity contribution in [3.8, 4) is 0 Å². The van der Waals surface area contributed by atoms with Crippen LogP contribution in [0.5, 0.6) is 0 Å². The molecule has 0 bridgehead atoms. The Morgan fingerprint density at radius 2 is 1.57 bits per heavy atom. The molecule has 256 valence electrons. The zero-order valence-corrected chi connectivity index (χ0v) is 25.0. The molecule has 0 spiro atoms. The Bertz CT molecular complexity index is 1570. The summed E-state index contributed by atoms with van der Waals surface area (Å²) in [6.45, 7) is 1.17. The molecule has 47 heavy (non-hydrogen) atoms. The van der Waals surface area contributed by atoms with Crippen LogP contribution in [0.1, 0.15) is 65.1 Å². The molecule has 2 aromatic carbocycles. The normalized spacial score (nSPS) is 18.1. The number of hydrogen-bond acceptors (Lipinski definition) is 7. The average molecular weight is 681 g/mol. The highest BCUT2D eigenvalue weighted by Gasteiger charge is 2.40. The monoisotopic (exact) mass is 680 g/mol. The van der Waals surface area contributed by atoms with E-state index in [1.807, 2.05) is 0 Å². The summed E-state index contributed by atoms with van der Waals surface area (Å²) in [7, 11) is 1.38. The number of carbonyl (C=O) groups is 1. The van der Waals surface area contributed by atoms with Gasteiger partial charge < -0.3 is 14.4 Å². The molecule has 1 aromatic heterocycles. The second-order valence-corrected chi connectivity index (χ2v) is 11.3. The molecule has 0 N–H and O–H groups in total. The van der Waals surface area contributed by atoms with Crippen molar-refractivity contribution in [2.24, 2.45) is 7.05 Å². The van der Waals surface area contributed by atoms with Crippen molar-refractivity contribution in [2.45, 2.75) is 69.8 Å². The van der Waals surface area contributed by atoms with E-state index < -0.39 is 65.6 Å². The van der Waals surface area contributed by atoms with E-state index in [-0.39, 0.29) is 48.2 Å². The van der Waals surface area contributed by atoms with Gasteiger partial charge in [-0.3, -0.25) is 4.90 Å². The number of amides is 1. The van der Waals surface area contributed by atoms with E-state index in [9.17, 15) is 44.3 Å². The topological polar surface area (TPSA) is 85.6 Å². The standard InChI is InChI=1S/C29H29F9N6O3/c1-16-10-21-23(4-3-7-43(24(21)14-22(16)29(36,37)38)26(45)47-20-5-8-46-9-6-20)44(25-39-41-42(2)40-25)15-17-11-18(27(30,31)32)13-19(12-17)28(33,34)35/h10-14,20,23H,3-9,15H2,1-2H3/t23-/m0/s1. The fourth-order valence-corrected chi connectivity index (χ4v) is 5.77. The highest BCUT2D eigenvalue weighted by Crippen LogP contribution is 2.44. The molecule has 2 aliphatic heterocycles. The number of alkyl halides is 9. The molecule has 9 nitrogen and oxygen atoms in total. The Hall–Kier alpha value is -4.09. The molecule has 0 unspecified atom stereocenters. The Labute approximate surface area is 262 Å². The lowest BCUT2D eigenvalue weighted by atomic mass is 9.94. The summed E-state index contributed by atoms with van der Waals surface area (Å²) in [6.07, 6.45) is -15.4. The van der Waals surface area contributed by atoms with Crippen LogP contribution >= 0.6 is 0 Å². The Balaban J connectivity index is 1.64. The molecule has 0 saturated carbocycles. The molecule has 0 aliphatic carbocycles. The molecule has 1 atom stereocenters. The maximum Gasteiger partial charge on any atom is 0.416 e. The van der Waals surface area contributed by atoms with Gasteiger partial charge in [-0.1, -0.05) is 11.2 Å². The smallest absolute Gasteiger partial charge is 0.416 e. The number of halogens is 9. The zero-order chi connectivity index (χ0) is 34.3. The minimum Gasteiger partial charge on any atom is -0.446 e. The minimum absolute atomic E-state index is 0.000677. The van der Waals surface area contributed by atoms with Crippen LogP contribution in [0.25, 0.3) is 0 Å². The van der Waals surface area contributed by atoms with Gasteiger partial charge in [-0.25, -0.2) is 4.79 Å². The van der Waals surface area contributed by atoms with Crippen LogP contribution in [0.15, 0.2) is 30.3 Å². The van der Waals surface area contributed by atoms with Gasteiger partial charge in [-0.05, 0) is 65.9 Å². The molecule has 18 heteroatoms. The largest absolute Gasteiger partial charge is 0.446 e. The number of anilines is 2. The van der Waals surface area contributed by atoms with Crippen LogP contribution in [0, 0.1) is 6.92 Å². The molecule has 2 aliphatic rings. The molecule has 0 radical (unpaired) electrons. The van der Waals surface area contributed by atoms with E-state index in [2.05, 4.69) is 15.4 Å². The quantitative estimate of drug-likeness (QED) is 0.263. The molecular formula is C29H29F9N6O3. The summed E-state index contributed by atoms with van der Waals surface area (Å²) in [6, 6.07) is 2.12. The van der Waals surface area contributed by atoms with Gasteiger partial charge in [0.05, 0.1) is 48.7 Å². The van der Waals surface area contributed by atoms with Gasteiger partial charge in [-0.2, -0.15) is 44.3 Å². The second-order valence-electron chi connectivity index (χ2n) is 11.3. The first kappa shape index (κ1) is 34.3. The third kappa shape index (κ3) is 7.73. The first-order valence-corrected chi connectivity index (χ1v) is 14.5. The maximum absolute atomic E-state index is 14.1. The van der Waals surface area contributed by atoms with Crippen LogP contribution < -0.4 is 9.80 Å². The number of fused-ring (bicyclic) bond motifs is 1. The van der Waals surface area contributed by atoms with Crippen molar-refractivity contribution in [1.82, 2.24) is 20.2 Å². The number of benzene rings is 2. The summed E-state index contributed by atoms with van der Waals surface area (Å²) in [5, 5.41) is 11.8. The van der Waals surface area contributed by atoms with Crippen LogP contribution in [0.4, 0.5) is 55.9 Å². The summed E-state index contributed by atoms with van der Waals surface area (Å²) < 4.78 is 136. The van der Waals surface area contributed by atoms with Gasteiger partial charge in [0.25, 0.3) is 5.95 Å². The minimum atomic E-state index is -5.11. The van der Waals surface area contributed by atoms with Crippen LogP contribution in [0.2, 0.25) is 0 Å². The fourth-order valence-electron chi connectivity index (χ4n) is 5.77. The Morgan fingerprint density at radius 3 is 2.13 bits per heavy atom. The van der Waals surface area contributed by atoms with Gasteiger partial charge in [0.1, 0.15) is 6.10 Å². The number of hydrogen-bond donors (Lipinski definition) is 0. The van der Waals surface area contributed by atoms with Crippen molar-refractivity contribution in [3.05, 3.63) is 63.7 Å². The number of rotatable bonds is 5. The first-order valence-electron chi connectivity index (χ1n) is 14.5. The van der Waals surface area contributed by atoms with E-state index in [0.29, 0.717) is 38.2 Å². The number of nitrogens with zero attached hydrogens (tertiary/aromatic N) is 6. The average Bonchev–Trinajstić information content (AvgIpc) is 3.32. The van der Waals surface area contributed by atoms with Gasteiger partial charge >= 0.3 is 24.6 Å². The van der Waals surface area contributed by atoms with Crippen molar-refractivity contribution in [2.75, 3.05) is 29.6 Å². The molecule has 5 rings (SSSR count). The van der Waals surface area contributed by atoms with Gasteiger partial charge in [0.15, 0.2) is 0 Å². The van der Waals surface area contributed by atoms with Crippen LogP contribution in [0.3, 0.4) is 0 Å². The lowest BCUT2D eigenvalue weighted by Crippen LogP contribution is -2.37. The van der Waals surface area contributed by atoms with E-state index in [4.69, 9.17) is 9.47 Å². The molecular weight excluding hydrogens is 651 g/mol. The van der Waals surface area contributed by atoms with Gasteiger partial charge in [0, 0.05) is 25.9 Å². The lowest BCUT2D eigenvalue weighted by molar-refractivity contribution is -0.143. The number of ether oxygens (including phenoxy) is 2. The summed E-state index contributed by atoms with van der Waals surface area (Å²) >= 11 is 0. The zero-order valence-electron chi connectivity index (χ0n) is 25.0. The van der Waals surface area contributed by atoms with E-state index in [0.717, 1.165) is 15.8 Å². The third-order valence-corrected chi connectivity index (χ3v) is 7.98. The van der Waals surface area contributed by atoms with Crippen molar-refractivity contribution in [1.29, 1.82) is 0 Å². The third-order valence-electron chi connectivity index (χ3n) is 7.98. The predicted molar refractivity (Wildman–Crippen MR) is 147 cm³/mol. The van der Waals surface area contributed by atoms with E-state index >= 15 is 0 Å². The lowest BCUT2D eigenvalue weighted by Gasteiger charge is -2.33. The summed E-state index contributed by atoms with van der Waals surface area (Å²) in [5.41, 5.74) is -4.76. The van der Waals surface area contributed by atoms with Crippen molar-refractivity contribution < 1.29 is 53.8 Å². The molecule has 1 saturated heterocycles. The van der Waals surface area contributed by atoms with E-state index in [1.54, 1.807) is 0 Å². The highest BCUT2D eigenvalue weighted by atomic mass is 19.4. The predicted octanol–water partition coefficient (Wildman–Crippen LogP) is 7.24. The van der Waals surface area contributed by atoms with E-state index in [1.165, 1.54) is 24.9 Å². The number of carbonyl (C=O) groups excluding carboxylic acids is 1. The number of aromatic nitrogens is 4. The highest BCUT2D eigenvalue weighted by molar-refractivity contribution is 5.89. The molecule has 1 amide bonds. The maximum atomic E-state index is 14.1. The first-order chi connectivity index (χ1) is 21.9. The summed E-state index contributed by atoms with van der Waals surface area (Å²) in [4.78, 5) is 16.8. The van der Waals surface area contributed by atoms with Crippen LogP contribution in [-0.4, -0.2) is 52.2 Å². The van der Waals surface area contributed by atoms with Crippen molar-refractivity contribution >= 4 is 17.7 Å². The molecule has 3 aromatic rings. The number of aryl methyl sites for hydroxylation is 2. The Kier molecular flexibility index (Phi) is 9.36. The SMILES string of the molecule is Cc1cc2c(cc1C(F)(F)F)N(C(=O)OC1CCOCC1)CCC[C@@H]2N(Cc1cc(C(F)(F)F)cc(C(F)(F)F)c1)c1nnn(C)n1. The fraction of sp³-hybridized carbons (Fsp3) is 0.517. The van der Waals surface area contributed by atoms with Gasteiger partial charge in [-0.15, -0.1) is 5.10 Å². The summed E-state index contributed by atoms with van der Waals surface area (Å²) in [5.74, 6) is -0.204. The number of tetrazole rings is 1. The Morgan fingerprint density at radius 1 is 0.936 bits per heavy atom. The molecule has 1 fully saturated rings. The molecule has 3 heterocycles. The van der Waals surface area contributed by atoms with Crippen LogP contribution in [-0.2, 0) is 41.6 Å². The second kappa shape index (κ2) is 12.8.